The zero-order chi connectivity index (χ0) is 17.6. The van der Waals surface area contributed by atoms with Crippen molar-refractivity contribution >= 4 is 22.7 Å². The zero-order valence-corrected chi connectivity index (χ0v) is 13.7. The molecule has 1 aromatic heterocycles. The van der Waals surface area contributed by atoms with Gasteiger partial charge in [-0.05, 0) is 18.2 Å². The van der Waals surface area contributed by atoms with Crippen molar-refractivity contribution in [1.82, 2.24) is 15.8 Å². The lowest BCUT2D eigenvalue weighted by atomic mass is 10.1. The van der Waals surface area contributed by atoms with E-state index in [-0.39, 0.29) is 18.4 Å². The fourth-order valence-electron chi connectivity index (χ4n) is 2.38. The van der Waals surface area contributed by atoms with Crippen LogP contribution >= 0.6 is 0 Å². The minimum atomic E-state index is -0.233. The molecule has 0 aliphatic carbocycles. The number of benzene rings is 2. The van der Waals surface area contributed by atoms with Crippen LogP contribution in [-0.4, -0.2) is 30.6 Å². The summed E-state index contributed by atoms with van der Waals surface area (Å²) in [6.07, 6.45) is 2.96. The molecule has 0 radical (unpaired) electrons. The van der Waals surface area contributed by atoms with Gasteiger partial charge in [-0.15, -0.1) is 0 Å². The van der Waals surface area contributed by atoms with Gasteiger partial charge >= 0.3 is 0 Å². The SMILES string of the molecule is CNC(=O)C=CCNC(=O)c1ccc2noc(-c3ccccc3)c2c1. The Morgan fingerprint density at radius 3 is 2.72 bits per heavy atom. The number of hydrogen-bond donors (Lipinski definition) is 2. The Bertz CT molecular complexity index is 929. The first-order valence-electron chi connectivity index (χ1n) is 7.80. The van der Waals surface area contributed by atoms with E-state index in [1.54, 1.807) is 31.3 Å². The summed E-state index contributed by atoms with van der Waals surface area (Å²) in [5, 5.41) is 10.0. The van der Waals surface area contributed by atoms with Crippen molar-refractivity contribution in [3.63, 3.8) is 0 Å². The third-order valence-corrected chi connectivity index (χ3v) is 3.67. The van der Waals surface area contributed by atoms with Crippen molar-refractivity contribution in [3.05, 3.63) is 66.2 Å². The molecule has 0 saturated heterocycles. The molecular formula is C19H17N3O3. The highest BCUT2D eigenvalue weighted by Gasteiger charge is 2.13. The van der Waals surface area contributed by atoms with E-state index in [0.717, 1.165) is 10.9 Å². The molecule has 126 valence electrons. The third-order valence-electron chi connectivity index (χ3n) is 3.67. The van der Waals surface area contributed by atoms with Gasteiger partial charge in [0.15, 0.2) is 5.76 Å². The molecule has 6 nitrogen and oxygen atoms in total. The molecule has 3 rings (SSSR count). The van der Waals surface area contributed by atoms with E-state index in [9.17, 15) is 9.59 Å². The molecule has 1 heterocycles. The van der Waals surface area contributed by atoms with E-state index in [1.807, 2.05) is 30.3 Å². The highest BCUT2D eigenvalue weighted by Crippen LogP contribution is 2.29. The molecule has 0 aliphatic heterocycles. The lowest BCUT2D eigenvalue weighted by Gasteiger charge is -2.03. The topological polar surface area (TPSA) is 84.2 Å². The quantitative estimate of drug-likeness (QED) is 0.702. The van der Waals surface area contributed by atoms with Crippen molar-refractivity contribution < 1.29 is 14.1 Å². The maximum atomic E-state index is 12.3. The van der Waals surface area contributed by atoms with E-state index >= 15 is 0 Å². The smallest absolute Gasteiger partial charge is 0.251 e. The van der Waals surface area contributed by atoms with Gasteiger partial charge in [0.1, 0.15) is 5.52 Å². The molecule has 6 heteroatoms. The number of hydrogen-bond acceptors (Lipinski definition) is 4. The number of likely N-dealkylation sites (N-methyl/N-ethyl adjacent to an activating group) is 1. The summed E-state index contributed by atoms with van der Waals surface area (Å²) in [6.45, 7) is 0.263. The Labute approximate surface area is 144 Å². The summed E-state index contributed by atoms with van der Waals surface area (Å²) in [6, 6.07) is 14.8. The second kappa shape index (κ2) is 7.44. The average Bonchev–Trinajstić information content (AvgIpc) is 3.08. The molecule has 0 bridgehead atoms. The summed E-state index contributed by atoms with van der Waals surface area (Å²) < 4.78 is 5.44. The zero-order valence-electron chi connectivity index (χ0n) is 13.7. The van der Waals surface area contributed by atoms with Crippen molar-refractivity contribution in [2.75, 3.05) is 13.6 Å². The van der Waals surface area contributed by atoms with E-state index in [2.05, 4.69) is 15.8 Å². The van der Waals surface area contributed by atoms with Gasteiger partial charge in [0.05, 0.1) is 5.39 Å². The lowest BCUT2D eigenvalue weighted by molar-refractivity contribution is -0.116. The summed E-state index contributed by atoms with van der Waals surface area (Å²) in [5.74, 6) is 0.182. The van der Waals surface area contributed by atoms with Crippen LogP contribution in [0.2, 0.25) is 0 Å². The van der Waals surface area contributed by atoms with Crippen LogP contribution in [0.1, 0.15) is 10.4 Å². The van der Waals surface area contributed by atoms with Gasteiger partial charge in [0, 0.05) is 30.8 Å². The van der Waals surface area contributed by atoms with Gasteiger partial charge in [0.25, 0.3) is 5.91 Å². The molecule has 2 aromatic carbocycles. The van der Waals surface area contributed by atoms with E-state index in [0.29, 0.717) is 16.8 Å². The highest BCUT2D eigenvalue weighted by atomic mass is 16.5. The summed E-state index contributed by atoms with van der Waals surface area (Å²) in [4.78, 5) is 23.4. The van der Waals surface area contributed by atoms with Gasteiger partial charge in [-0.25, -0.2) is 0 Å². The number of amides is 2. The van der Waals surface area contributed by atoms with Gasteiger partial charge in [-0.3, -0.25) is 9.59 Å². The van der Waals surface area contributed by atoms with Crippen LogP contribution in [0.5, 0.6) is 0 Å². The maximum Gasteiger partial charge on any atom is 0.251 e. The first kappa shape index (κ1) is 16.4. The highest BCUT2D eigenvalue weighted by molar-refractivity contribution is 6.01. The second-order valence-corrected chi connectivity index (χ2v) is 5.34. The lowest BCUT2D eigenvalue weighted by Crippen LogP contribution is -2.23. The van der Waals surface area contributed by atoms with Crippen LogP contribution in [0.3, 0.4) is 0 Å². The van der Waals surface area contributed by atoms with Crippen LogP contribution < -0.4 is 10.6 Å². The van der Waals surface area contributed by atoms with E-state index in [4.69, 9.17) is 4.52 Å². The number of nitrogens with one attached hydrogen (secondary N) is 2. The van der Waals surface area contributed by atoms with E-state index in [1.165, 1.54) is 6.08 Å². The minimum absolute atomic E-state index is 0.215. The maximum absolute atomic E-state index is 12.3. The van der Waals surface area contributed by atoms with Gasteiger partial charge < -0.3 is 15.2 Å². The molecule has 3 aromatic rings. The Morgan fingerprint density at radius 2 is 1.96 bits per heavy atom. The van der Waals surface area contributed by atoms with Crippen molar-refractivity contribution in [2.24, 2.45) is 0 Å². The van der Waals surface area contributed by atoms with Crippen LogP contribution in [-0.2, 0) is 4.79 Å². The largest absolute Gasteiger partial charge is 0.356 e. The third kappa shape index (κ3) is 3.74. The Morgan fingerprint density at radius 1 is 1.16 bits per heavy atom. The van der Waals surface area contributed by atoms with Crippen LogP contribution in [0.4, 0.5) is 0 Å². The normalized spacial score (nSPS) is 10.9. The van der Waals surface area contributed by atoms with Crippen molar-refractivity contribution in [1.29, 1.82) is 0 Å². The number of nitrogens with zero attached hydrogens (tertiary/aromatic N) is 1. The van der Waals surface area contributed by atoms with Crippen molar-refractivity contribution in [2.45, 2.75) is 0 Å². The molecule has 0 saturated carbocycles. The average molecular weight is 335 g/mol. The van der Waals surface area contributed by atoms with Gasteiger partial charge in [-0.2, -0.15) is 0 Å². The first-order valence-corrected chi connectivity index (χ1v) is 7.80. The number of aromatic nitrogens is 1. The molecule has 2 N–H and O–H groups in total. The Balaban J connectivity index is 1.80. The molecule has 2 amide bonds. The fourth-order valence-corrected chi connectivity index (χ4v) is 2.38. The van der Waals surface area contributed by atoms with Crippen LogP contribution in [0, 0.1) is 0 Å². The number of rotatable bonds is 5. The van der Waals surface area contributed by atoms with Gasteiger partial charge in [0.2, 0.25) is 5.91 Å². The summed E-state index contributed by atoms with van der Waals surface area (Å²) >= 11 is 0. The summed E-state index contributed by atoms with van der Waals surface area (Å²) in [7, 11) is 1.55. The number of fused-ring (bicyclic) bond motifs is 1. The molecule has 0 spiro atoms. The minimum Gasteiger partial charge on any atom is -0.356 e. The Kier molecular flexibility index (Phi) is 4.89. The van der Waals surface area contributed by atoms with E-state index < -0.39 is 0 Å². The number of carbonyl (C=O) groups excluding carboxylic acids is 2. The predicted molar refractivity (Wildman–Crippen MR) is 95.0 cm³/mol. The molecule has 0 fully saturated rings. The second-order valence-electron chi connectivity index (χ2n) is 5.34. The van der Waals surface area contributed by atoms with Gasteiger partial charge in [-0.1, -0.05) is 41.6 Å². The van der Waals surface area contributed by atoms with Crippen LogP contribution in [0.25, 0.3) is 22.2 Å². The molecular weight excluding hydrogens is 318 g/mol. The number of carbonyl (C=O) groups is 2. The molecule has 0 aliphatic rings. The van der Waals surface area contributed by atoms with Crippen molar-refractivity contribution in [3.8, 4) is 11.3 Å². The standard InChI is InChI=1S/C19H17N3O3/c1-20-17(23)8-5-11-21-19(24)14-9-10-16-15(12-14)18(25-22-16)13-6-3-2-4-7-13/h2-10,12H,11H2,1H3,(H,20,23)(H,21,24). The molecule has 25 heavy (non-hydrogen) atoms. The first-order chi connectivity index (χ1) is 12.2. The molecule has 0 unspecified atom stereocenters. The fraction of sp³-hybridized carbons (Fsp3) is 0.105. The Hall–Kier alpha value is -3.41. The van der Waals surface area contributed by atoms with Crippen LogP contribution in [0.15, 0.2) is 65.2 Å². The molecule has 0 atom stereocenters. The predicted octanol–water partition coefficient (Wildman–Crippen LogP) is 2.53. The summed E-state index contributed by atoms with van der Waals surface area (Å²) in [5.41, 5.74) is 2.09. The monoisotopic (exact) mass is 335 g/mol.